The predicted molar refractivity (Wildman–Crippen MR) is 116 cm³/mol. The molecule has 0 aliphatic carbocycles. The van der Waals surface area contributed by atoms with Crippen LogP contribution in [0.25, 0.3) is 5.76 Å². The Morgan fingerprint density at radius 1 is 1.03 bits per heavy atom. The second kappa shape index (κ2) is 9.29. The normalized spacial score (nSPS) is 18.1. The zero-order chi connectivity index (χ0) is 22.7. The third kappa shape index (κ3) is 4.45. The highest BCUT2D eigenvalue weighted by Gasteiger charge is 2.46. The Labute approximate surface area is 180 Å². The molecule has 7 heteroatoms. The van der Waals surface area contributed by atoms with E-state index < -0.39 is 30.7 Å². The van der Waals surface area contributed by atoms with Crippen molar-refractivity contribution in [1.29, 1.82) is 0 Å². The van der Waals surface area contributed by atoms with Gasteiger partial charge in [0.25, 0.3) is 18.1 Å². The number of alkyl halides is 2. The van der Waals surface area contributed by atoms with Gasteiger partial charge in [-0.05, 0) is 38.5 Å². The second-order valence-corrected chi connectivity index (χ2v) is 7.47. The van der Waals surface area contributed by atoms with Gasteiger partial charge >= 0.3 is 0 Å². The van der Waals surface area contributed by atoms with E-state index in [2.05, 4.69) is 4.90 Å². The van der Waals surface area contributed by atoms with E-state index >= 15 is 0 Å². The molecule has 0 aromatic heterocycles. The lowest BCUT2D eigenvalue weighted by molar-refractivity contribution is -0.141. The number of hydrogen-bond donors (Lipinski definition) is 1. The van der Waals surface area contributed by atoms with E-state index in [4.69, 9.17) is 0 Å². The number of nitrogens with zero attached hydrogens (tertiary/aromatic N) is 2. The average molecular weight is 428 g/mol. The van der Waals surface area contributed by atoms with Gasteiger partial charge < -0.3 is 14.9 Å². The number of aliphatic hydroxyl groups excluding tert-OH is 1. The Morgan fingerprint density at radius 3 is 2.13 bits per heavy atom. The van der Waals surface area contributed by atoms with Gasteiger partial charge in [0.15, 0.2) is 0 Å². The molecular formula is C24H26F2N2O3. The third-order valence-electron chi connectivity index (χ3n) is 5.54. The van der Waals surface area contributed by atoms with Crippen molar-refractivity contribution in [2.24, 2.45) is 0 Å². The van der Waals surface area contributed by atoms with Crippen molar-refractivity contribution in [1.82, 2.24) is 4.90 Å². The fraction of sp³-hybridized carbons (Fsp3) is 0.333. The molecule has 164 valence electrons. The number of anilines is 1. The molecule has 5 nitrogen and oxygen atoms in total. The monoisotopic (exact) mass is 428 g/mol. The zero-order valence-electron chi connectivity index (χ0n) is 17.8. The lowest BCUT2D eigenvalue weighted by Gasteiger charge is -2.26. The highest BCUT2D eigenvalue weighted by molar-refractivity contribution is 6.46. The van der Waals surface area contributed by atoms with Crippen molar-refractivity contribution in [2.45, 2.75) is 33.2 Å². The quantitative estimate of drug-likeness (QED) is 0.400. The van der Waals surface area contributed by atoms with Crippen molar-refractivity contribution < 1.29 is 23.5 Å². The molecule has 31 heavy (non-hydrogen) atoms. The van der Waals surface area contributed by atoms with Crippen LogP contribution in [-0.4, -0.2) is 47.8 Å². The minimum atomic E-state index is -2.81. The van der Waals surface area contributed by atoms with E-state index in [1.165, 1.54) is 0 Å². The highest BCUT2D eigenvalue weighted by atomic mass is 19.3. The number of hydrogen-bond acceptors (Lipinski definition) is 4. The van der Waals surface area contributed by atoms with Crippen molar-refractivity contribution in [3.05, 3.63) is 70.8 Å². The van der Waals surface area contributed by atoms with Gasteiger partial charge in [-0.25, -0.2) is 8.78 Å². The maximum absolute atomic E-state index is 13.2. The first-order chi connectivity index (χ1) is 14.8. The van der Waals surface area contributed by atoms with Gasteiger partial charge in [0.2, 0.25) is 0 Å². The van der Waals surface area contributed by atoms with E-state index in [0.717, 1.165) is 29.2 Å². The zero-order valence-corrected chi connectivity index (χ0v) is 17.8. The first-order valence-electron chi connectivity index (χ1n) is 10.3. The molecule has 1 unspecified atom stereocenters. The number of benzene rings is 2. The molecule has 1 saturated heterocycles. The summed E-state index contributed by atoms with van der Waals surface area (Å²) in [7, 11) is 0. The third-order valence-corrected chi connectivity index (χ3v) is 5.54. The van der Waals surface area contributed by atoms with Gasteiger partial charge in [-0.3, -0.25) is 9.59 Å². The van der Waals surface area contributed by atoms with Crippen molar-refractivity contribution >= 4 is 23.1 Å². The van der Waals surface area contributed by atoms with Crippen LogP contribution in [0.3, 0.4) is 0 Å². The molecular weight excluding hydrogens is 402 g/mol. The smallest absolute Gasteiger partial charge is 0.295 e. The van der Waals surface area contributed by atoms with Crippen LogP contribution in [0.5, 0.6) is 0 Å². The number of likely N-dealkylation sites (tertiary alicyclic amines) is 1. The largest absolute Gasteiger partial charge is 0.507 e. The number of carbonyl (C=O) groups is 2. The molecule has 0 saturated carbocycles. The van der Waals surface area contributed by atoms with Crippen LogP contribution in [-0.2, 0) is 9.59 Å². The fourth-order valence-electron chi connectivity index (χ4n) is 3.89. The topological polar surface area (TPSA) is 60.9 Å². The van der Waals surface area contributed by atoms with Crippen molar-refractivity contribution in [3.8, 4) is 0 Å². The molecule has 2 aromatic rings. The Balaban J connectivity index is 2.12. The molecule has 1 fully saturated rings. The molecule has 2 aromatic carbocycles. The van der Waals surface area contributed by atoms with Crippen LogP contribution in [0.4, 0.5) is 14.5 Å². The maximum atomic E-state index is 13.2. The van der Waals surface area contributed by atoms with E-state index in [9.17, 15) is 23.5 Å². The molecule has 0 radical (unpaired) electrons. The first kappa shape index (κ1) is 22.5. The van der Waals surface area contributed by atoms with Gasteiger partial charge in [-0.1, -0.05) is 42.0 Å². The summed E-state index contributed by atoms with van der Waals surface area (Å²) in [6, 6.07) is 12.8. The SMILES string of the molecule is CCN(CC)c1ccc(C2/C(=C(\O)c3ccc(C)cc3)C(=O)C(=O)N2CC(F)F)cc1. The van der Waals surface area contributed by atoms with Crippen LogP contribution in [0, 0.1) is 6.92 Å². The fourth-order valence-corrected chi connectivity index (χ4v) is 3.89. The molecule has 1 aliphatic rings. The van der Waals surface area contributed by atoms with E-state index in [0.29, 0.717) is 11.1 Å². The van der Waals surface area contributed by atoms with Crippen molar-refractivity contribution in [3.63, 3.8) is 0 Å². The van der Waals surface area contributed by atoms with E-state index in [-0.39, 0.29) is 11.3 Å². The molecule has 1 atom stereocenters. The number of aryl methyl sites for hydroxylation is 1. The molecule has 1 heterocycles. The summed E-state index contributed by atoms with van der Waals surface area (Å²) < 4.78 is 26.5. The number of aliphatic hydroxyl groups is 1. The summed E-state index contributed by atoms with van der Waals surface area (Å²) in [5.74, 6) is -2.36. The lowest BCUT2D eigenvalue weighted by atomic mass is 9.95. The first-order valence-corrected chi connectivity index (χ1v) is 10.3. The molecule has 1 aliphatic heterocycles. The summed E-state index contributed by atoms with van der Waals surface area (Å²) in [5.41, 5.74) is 2.57. The molecule has 0 bridgehead atoms. The molecule has 1 amide bonds. The summed E-state index contributed by atoms with van der Waals surface area (Å²) in [4.78, 5) is 28.3. The maximum Gasteiger partial charge on any atom is 0.295 e. The van der Waals surface area contributed by atoms with Gasteiger partial charge in [0.1, 0.15) is 5.76 Å². The summed E-state index contributed by atoms with van der Waals surface area (Å²) in [5, 5.41) is 10.9. The number of amides is 1. The Hall–Kier alpha value is -3.22. The Morgan fingerprint density at radius 2 is 1.61 bits per heavy atom. The number of halogens is 2. The summed E-state index contributed by atoms with van der Waals surface area (Å²) in [6.45, 7) is 6.63. The van der Waals surface area contributed by atoms with Gasteiger partial charge in [0, 0.05) is 24.3 Å². The van der Waals surface area contributed by atoms with Crippen LogP contribution in [0.15, 0.2) is 54.1 Å². The van der Waals surface area contributed by atoms with E-state index in [1.807, 2.05) is 32.9 Å². The van der Waals surface area contributed by atoms with Gasteiger partial charge in [-0.2, -0.15) is 0 Å². The van der Waals surface area contributed by atoms with Crippen LogP contribution < -0.4 is 4.90 Å². The lowest BCUT2D eigenvalue weighted by Crippen LogP contribution is -2.34. The standard InChI is InChI=1S/C24H26F2N2O3/c1-4-27(5-2)18-12-10-16(11-13-18)21-20(22(29)17-8-6-15(3)7-9-17)23(30)24(31)28(21)14-19(25)26/h6-13,19,21,29H,4-5,14H2,1-3H3/b22-20+. The number of carbonyl (C=O) groups excluding carboxylic acids is 2. The second-order valence-electron chi connectivity index (χ2n) is 7.47. The Bertz CT molecular complexity index is 981. The highest BCUT2D eigenvalue weighted by Crippen LogP contribution is 2.40. The van der Waals surface area contributed by atoms with Crippen LogP contribution in [0.1, 0.15) is 36.6 Å². The van der Waals surface area contributed by atoms with E-state index in [1.54, 1.807) is 36.4 Å². The van der Waals surface area contributed by atoms with Crippen LogP contribution >= 0.6 is 0 Å². The molecule has 0 spiro atoms. The summed E-state index contributed by atoms with van der Waals surface area (Å²) in [6.07, 6.45) is -2.81. The average Bonchev–Trinajstić information content (AvgIpc) is 2.99. The van der Waals surface area contributed by atoms with Crippen LogP contribution in [0.2, 0.25) is 0 Å². The van der Waals surface area contributed by atoms with Crippen molar-refractivity contribution in [2.75, 3.05) is 24.5 Å². The van der Waals surface area contributed by atoms with Gasteiger partial charge in [-0.15, -0.1) is 0 Å². The van der Waals surface area contributed by atoms with Gasteiger partial charge in [0.05, 0.1) is 18.2 Å². The Kier molecular flexibility index (Phi) is 6.73. The number of rotatable bonds is 7. The predicted octanol–water partition coefficient (Wildman–Crippen LogP) is 4.53. The molecule has 1 N–H and O–H groups in total. The minimum Gasteiger partial charge on any atom is -0.507 e. The number of Topliss-reactive ketones (excluding diaryl/α,β-unsaturated/α-hetero) is 1. The number of ketones is 1. The summed E-state index contributed by atoms with van der Waals surface area (Å²) >= 11 is 0. The minimum absolute atomic E-state index is 0.176. The molecule has 3 rings (SSSR count).